The molecule has 32 heavy (non-hydrogen) atoms. The molecule has 1 aromatic carbocycles. The summed E-state index contributed by atoms with van der Waals surface area (Å²) in [5.74, 6) is 0.737. The van der Waals surface area contributed by atoms with Gasteiger partial charge >= 0.3 is 0 Å². The van der Waals surface area contributed by atoms with Gasteiger partial charge in [0.25, 0.3) is 5.56 Å². The second kappa shape index (κ2) is 9.14. The van der Waals surface area contributed by atoms with Crippen LogP contribution in [0.4, 0.5) is 0 Å². The first-order valence-electron chi connectivity index (χ1n) is 12.0. The van der Waals surface area contributed by atoms with Crippen molar-refractivity contribution in [1.29, 1.82) is 0 Å². The lowest BCUT2D eigenvalue weighted by Gasteiger charge is -2.37. The third-order valence-electron chi connectivity index (χ3n) is 7.37. The summed E-state index contributed by atoms with van der Waals surface area (Å²) in [5, 5.41) is 14.0. The number of aromatic nitrogens is 5. The molecule has 1 fully saturated rings. The number of aryl methyl sites for hydroxylation is 1. The zero-order chi connectivity index (χ0) is 22.9. The molecular weight excluding hydrogens is 400 g/mol. The van der Waals surface area contributed by atoms with E-state index in [-0.39, 0.29) is 17.1 Å². The summed E-state index contributed by atoms with van der Waals surface area (Å²) in [4.78, 5) is 18.8. The van der Waals surface area contributed by atoms with Crippen molar-refractivity contribution in [2.24, 2.45) is 0 Å². The minimum absolute atomic E-state index is 0.0711. The lowest BCUT2D eigenvalue weighted by molar-refractivity contribution is 0.142. The van der Waals surface area contributed by atoms with Crippen LogP contribution in [0.3, 0.4) is 0 Å². The molecule has 2 aromatic heterocycles. The molecular formula is C25H36N6O. The Morgan fingerprint density at radius 2 is 1.94 bits per heavy atom. The highest BCUT2D eigenvalue weighted by molar-refractivity contribution is 5.80. The van der Waals surface area contributed by atoms with Crippen LogP contribution < -0.4 is 5.56 Å². The minimum Gasteiger partial charge on any atom is -0.322 e. The maximum atomic E-state index is 13.4. The number of hydrogen-bond acceptors (Lipinski definition) is 5. The van der Waals surface area contributed by atoms with Crippen molar-refractivity contribution in [1.82, 2.24) is 30.1 Å². The summed E-state index contributed by atoms with van der Waals surface area (Å²) in [6.07, 6.45) is 7.85. The predicted octanol–water partition coefficient (Wildman–Crippen LogP) is 4.58. The number of tetrazole rings is 1. The van der Waals surface area contributed by atoms with E-state index in [0.29, 0.717) is 11.6 Å². The first-order valence-corrected chi connectivity index (χ1v) is 12.0. The van der Waals surface area contributed by atoms with Gasteiger partial charge in [-0.25, -0.2) is 4.68 Å². The Morgan fingerprint density at radius 3 is 2.62 bits per heavy atom. The van der Waals surface area contributed by atoms with E-state index in [1.165, 1.54) is 24.8 Å². The molecule has 1 atom stereocenters. The monoisotopic (exact) mass is 436 g/mol. The Morgan fingerprint density at radius 1 is 1.19 bits per heavy atom. The number of aromatic amines is 1. The van der Waals surface area contributed by atoms with Crippen LogP contribution in [0.2, 0.25) is 0 Å². The molecule has 1 aliphatic carbocycles. The molecule has 0 amide bonds. The zero-order valence-electron chi connectivity index (χ0n) is 20.1. The maximum absolute atomic E-state index is 13.4. The van der Waals surface area contributed by atoms with Gasteiger partial charge in [0.15, 0.2) is 5.82 Å². The van der Waals surface area contributed by atoms with Crippen LogP contribution in [0, 0.1) is 0 Å². The molecule has 0 bridgehead atoms. The lowest BCUT2D eigenvalue weighted by Crippen LogP contribution is -2.42. The van der Waals surface area contributed by atoms with Crippen molar-refractivity contribution in [3.63, 3.8) is 0 Å². The van der Waals surface area contributed by atoms with E-state index < -0.39 is 0 Å². The van der Waals surface area contributed by atoms with Crippen LogP contribution in [-0.2, 0) is 12.0 Å². The number of hydrogen-bond donors (Lipinski definition) is 1. The van der Waals surface area contributed by atoms with Gasteiger partial charge in [-0.05, 0) is 86.2 Å². The quantitative estimate of drug-likeness (QED) is 0.587. The van der Waals surface area contributed by atoms with Crippen molar-refractivity contribution in [3.05, 3.63) is 51.6 Å². The minimum atomic E-state index is -0.308. The van der Waals surface area contributed by atoms with Gasteiger partial charge in [0, 0.05) is 17.1 Å². The summed E-state index contributed by atoms with van der Waals surface area (Å²) >= 11 is 0. The van der Waals surface area contributed by atoms with Crippen molar-refractivity contribution in [2.45, 2.75) is 90.3 Å². The largest absolute Gasteiger partial charge is 0.322 e. The molecule has 3 aromatic rings. The summed E-state index contributed by atoms with van der Waals surface area (Å²) in [5.41, 5.74) is 2.51. The van der Waals surface area contributed by atoms with Crippen molar-refractivity contribution >= 4 is 10.9 Å². The first kappa shape index (κ1) is 22.6. The number of rotatable bonds is 7. The van der Waals surface area contributed by atoms with Crippen molar-refractivity contribution < 1.29 is 0 Å². The van der Waals surface area contributed by atoms with Gasteiger partial charge in [-0.15, -0.1) is 5.10 Å². The normalized spacial score (nSPS) is 16.7. The smallest absolute Gasteiger partial charge is 0.253 e. The Bertz CT molecular complexity index is 1120. The third kappa shape index (κ3) is 4.22. The number of pyridine rings is 1. The van der Waals surface area contributed by atoms with E-state index in [1.807, 2.05) is 10.7 Å². The third-order valence-corrected chi connectivity index (χ3v) is 7.37. The number of fused-ring (bicyclic) bond motifs is 1. The standard InChI is InChI=1S/C25H36N6O/c1-6-17-13-14-21-18(15-17)16-20(24(32)26-21)22(30(5)19-11-9-8-10-12-19)23-27-28-29-31(23)25(3,4)7-2/h13-16,19,22H,6-12H2,1-5H3,(H,26,32)/t22-/m0/s1. The molecule has 1 N–H and O–H groups in total. The summed E-state index contributed by atoms with van der Waals surface area (Å²) in [6.45, 7) is 8.57. The van der Waals surface area contributed by atoms with E-state index in [9.17, 15) is 4.79 Å². The van der Waals surface area contributed by atoms with E-state index in [0.717, 1.165) is 42.4 Å². The maximum Gasteiger partial charge on any atom is 0.253 e. The molecule has 7 nitrogen and oxygen atoms in total. The van der Waals surface area contributed by atoms with Gasteiger partial charge in [-0.3, -0.25) is 9.69 Å². The van der Waals surface area contributed by atoms with Crippen molar-refractivity contribution in [3.8, 4) is 0 Å². The fourth-order valence-electron chi connectivity index (χ4n) is 4.88. The van der Waals surface area contributed by atoms with Crippen LogP contribution in [-0.4, -0.2) is 43.2 Å². The summed E-state index contributed by atoms with van der Waals surface area (Å²) in [7, 11) is 2.13. The summed E-state index contributed by atoms with van der Waals surface area (Å²) < 4.78 is 1.92. The number of nitrogens with zero attached hydrogens (tertiary/aromatic N) is 5. The summed E-state index contributed by atoms with van der Waals surface area (Å²) in [6, 6.07) is 8.40. The van der Waals surface area contributed by atoms with Crippen LogP contribution in [0.25, 0.3) is 10.9 Å². The van der Waals surface area contributed by atoms with Gasteiger partial charge in [0.2, 0.25) is 0 Å². The van der Waals surface area contributed by atoms with Gasteiger partial charge in [-0.2, -0.15) is 0 Å². The Labute approximate surface area is 190 Å². The molecule has 0 spiro atoms. The molecule has 0 saturated heterocycles. The SMILES string of the molecule is CCc1ccc2[nH]c(=O)c([C@@H](c3nnnn3C(C)(C)CC)N(C)C3CCCCC3)cc2c1. The highest BCUT2D eigenvalue weighted by Crippen LogP contribution is 2.34. The fraction of sp³-hybridized carbons (Fsp3) is 0.600. The Balaban J connectivity index is 1.89. The second-order valence-electron chi connectivity index (χ2n) is 9.80. The van der Waals surface area contributed by atoms with Crippen molar-refractivity contribution in [2.75, 3.05) is 7.05 Å². The molecule has 7 heteroatoms. The highest BCUT2D eigenvalue weighted by atomic mass is 16.1. The highest BCUT2D eigenvalue weighted by Gasteiger charge is 2.35. The van der Waals surface area contributed by atoms with Crippen LogP contribution >= 0.6 is 0 Å². The predicted molar refractivity (Wildman–Crippen MR) is 128 cm³/mol. The van der Waals surface area contributed by atoms with Gasteiger partial charge in [0.1, 0.15) is 6.04 Å². The average molecular weight is 437 g/mol. The molecule has 0 unspecified atom stereocenters. The van der Waals surface area contributed by atoms with E-state index >= 15 is 0 Å². The molecule has 4 rings (SSSR count). The molecule has 172 valence electrons. The van der Waals surface area contributed by atoms with E-state index in [2.05, 4.69) is 78.4 Å². The van der Waals surface area contributed by atoms with Gasteiger partial charge in [0.05, 0.1) is 5.54 Å². The Hall–Kier alpha value is -2.54. The zero-order valence-corrected chi connectivity index (χ0v) is 20.1. The molecule has 2 heterocycles. The first-order chi connectivity index (χ1) is 15.4. The van der Waals surface area contributed by atoms with Crippen LogP contribution in [0.5, 0.6) is 0 Å². The van der Waals surface area contributed by atoms with E-state index in [4.69, 9.17) is 0 Å². The van der Waals surface area contributed by atoms with E-state index in [1.54, 1.807) is 0 Å². The van der Waals surface area contributed by atoms with Gasteiger partial charge < -0.3 is 4.98 Å². The number of nitrogens with one attached hydrogen (secondary N) is 1. The fourth-order valence-corrected chi connectivity index (χ4v) is 4.88. The topological polar surface area (TPSA) is 79.7 Å². The molecule has 0 radical (unpaired) electrons. The number of benzene rings is 1. The van der Waals surface area contributed by atoms with Crippen LogP contribution in [0.15, 0.2) is 29.1 Å². The number of H-pyrrole nitrogens is 1. The average Bonchev–Trinajstić information content (AvgIpc) is 3.30. The van der Waals surface area contributed by atoms with Crippen LogP contribution in [0.1, 0.15) is 89.2 Å². The molecule has 1 saturated carbocycles. The van der Waals surface area contributed by atoms with Gasteiger partial charge in [-0.1, -0.05) is 39.2 Å². The lowest BCUT2D eigenvalue weighted by atomic mass is 9.91. The molecule has 0 aliphatic heterocycles. The Kier molecular flexibility index (Phi) is 6.47. The molecule has 1 aliphatic rings. The second-order valence-corrected chi connectivity index (χ2v) is 9.80.